The maximum atomic E-state index is 10.2. The van der Waals surface area contributed by atoms with Gasteiger partial charge in [-0.1, -0.05) is 24.3 Å². The highest BCUT2D eigenvalue weighted by Gasteiger charge is 2.40. The van der Waals surface area contributed by atoms with E-state index in [4.69, 9.17) is 4.74 Å². The molecule has 4 rings (SSSR count). The van der Waals surface area contributed by atoms with Gasteiger partial charge in [-0.25, -0.2) is 0 Å². The number of nitrogens with zero attached hydrogens (tertiary/aromatic N) is 2. The fourth-order valence-electron chi connectivity index (χ4n) is 4.71. The second-order valence-corrected chi connectivity index (χ2v) is 9.06. The molecule has 5 N–H and O–H groups in total. The molecule has 0 amide bonds. The first kappa shape index (κ1) is 23.9. The highest BCUT2D eigenvalue weighted by Crippen LogP contribution is 2.25. The molecule has 2 fully saturated rings. The number of aryl methyl sites for hydroxylation is 1. The van der Waals surface area contributed by atoms with Crippen LogP contribution in [-0.2, 0) is 17.8 Å². The SMILES string of the molecule is Cc1cc(NCc2cccc(CN3C[C@H](O)[C@@H](O)[C@H](O)[C@H]3CO)c2)cc(N2CCOCC2)c1. The zero-order valence-corrected chi connectivity index (χ0v) is 19.1. The summed E-state index contributed by atoms with van der Waals surface area (Å²) in [6, 6.07) is 14.0. The molecule has 2 heterocycles. The summed E-state index contributed by atoms with van der Waals surface area (Å²) >= 11 is 0. The number of β-amino-alcohol motifs (C(OH)–C–C–N with tert-alkyl or cyclic N) is 1. The van der Waals surface area contributed by atoms with Gasteiger partial charge in [-0.2, -0.15) is 0 Å². The van der Waals surface area contributed by atoms with Gasteiger partial charge in [0.25, 0.3) is 0 Å². The highest BCUT2D eigenvalue weighted by molar-refractivity contribution is 5.60. The number of morpholine rings is 1. The van der Waals surface area contributed by atoms with Gasteiger partial charge in [-0.05, 0) is 41.8 Å². The van der Waals surface area contributed by atoms with Gasteiger partial charge in [0, 0.05) is 44.1 Å². The van der Waals surface area contributed by atoms with Crippen LogP contribution >= 0.6 is 0 Å². The summed E-state index contributed by atoms with van der Waals surface area (Å²) < 4.78 is 5.47. The molecule has 2 aliphatic rings. The Bertz CT molecular complexity index is 921. The summed E-state index contributed by atoms with van der Waals surface area (Å²) in [4.78, 5) is 4.17. The van der Waals surface area contributed by atoms with Crippen molar-refractivity contribution in [3.05, 3.63) is 59.2 Å². The molecule has 2 aromatic carbocycles. The van der Waals surface area contributed by atoms with E-state index in [1.54, 1.807) is 0 Å². The number of anilines is 2. The number of ether oxygens (including phenoxy) is 1. The summed E-state index contributed by atoms with van der Waals surface area (Å²) in [5.74, 6) is 0. The number of aliphatic hydroxyl groups excluding tert-OH is 4. The lowest BCUT2D eigenvalue weighted by Crippen LogP contribution is -2.62. The lowest BCUT2D eigenvalue weighted by molar-refractivity contribution is -0.147. The van der Waals surface area contributed by atoms with E-state index in [0.29, 0.717) is 13.1 Å². The van der Waals surface area contributed by atoms with Crippen LogP contribution in [0.15, 0.2) is 42.5 Å². The lowest BCUT2D eigenvalue weighted by Gasteiger charge is -2.43. The summed E-state index contributed by atoms with van der Waals surface area (Å²) in [7, 11) is 0. The number of hydrogen-bond donors (Lipinski definition) is 5. The average molecular weight is 458 g/mol. The molecule has 8 heteroatoms. The minimum absolute atomic E-state index is 0.194. The Morgan fingerprint density at radius 2 is 1.76 bits per heavy atom. The number of rotatable bonds is 7. The molecule has 8 nitrogen and oxygen atoms in total. The number of aliphatic hydroxyl groups is 4. The average Bonchev–Trinajstić information content (AvgIpc) is 2.82. The van der Waals surface area contributed by atoms with Crippen molar-refractivity contribution in [2.45, 2.75) is 44.4 Å². The molecule has 0 spiro atoms. The molecule has 0 aromatic heterocycles. The van der Waals surface area contributed by atoms with E-state index in [1.165, 1.54) is 11.3 Å². The molecule has 2 saturated heterocycles. The quantitative estimate of drug-likeness (QED) is 0.414. The van der Waals surface area contributed by atoms with Crippen LogP contribution in [-0.4, -0.2) is 89.1 Å². The monoisotopic (exact) mass is 457 g/mol. The predicted molar refractivity (Wildman–Crippen MR) is 127 cm³/mol. The Kier molecular flexibility index (Phi) is 7.85. The number of benzene rings is 2. The molecular weight excluding hydrogens is 422 g/mol. The third-order valence-electron chi connectivity index (χ3n) is 6.53. The van der Waals surface area contributed by atoms with Crippen LogP contribution in [0, 0.1) is 6.92 Å². The van der Waals surface area contributed by atoms with Crippen molar-refractivity contribution in [1.82, 2.24) is 4.90 Å². The Labute approximate surface area is 195 Å². The Balaban J connectivity index is 1.41. The number of likely N-dealkylation sites (tertiary alicyclic amines) is 1. The Morgan fingerprint density at radius 3 is 2.52 bits per heavy atom. The fraction of sp³-hybridized carbons (Fsp3) is 0.520. The Hall–Kier alpha value is -2.20. The molecule has 4 atom stereocenters. The van der Waals surface area contributed by atoms with Crippen LogP contribution in [0.3, 0.4) is 0 Å². The third-order valence-corrected chi connectivity index (χ3v) is 6.53. The first-order valence-corrected chi connectivity index (χ1v) is 11.6. The summed E-state index contributed by atoms with van der Waals surface area (Å²) in [5, 5.41) is 43.4. The zero-order chi connectivity index (χ0) is 23.4. The molecule has 33 heavy (non-hydrogen) atoms. The van der Waals surface area contributed by atoms with E-state index in [1.807, 2.05) is 17.0 Å². The van der Waals surface area contributed by atoms with Crippen molar-refractivity contribution in [3.63, 3.8) is 0 Å². The molecule has 2 aliphatic heterocycles. The first-order valence-electron chi connectivity index (χ1n) is 11.6. The zero-order valence-electron chi connectivity index (χ0n) is 19.1. The molecule has 0 saturated carbocycles. The normalized spacial score (nSPS) is 26.4. The number of nitrogens with one attached hydrogen (secondary N) is 1. The van der Waals surface area contributed by atoms with Crippen molar-refractivity contribution in [3.8, 4) is 0 Å². The standard InChI is InChI=1S/C25H35N3O5/c1-17-9-20(12-21(10-17)27-5-7-33-8-6-27)26-13-18-3-2-4-19(11-18)14-28-15-23(30)25(32)24(31)22(28)16-29/h2-4,9-12,22-26,29-32H,5-8,13-16H2,1H3/t22-,23+,24-,25-/m1/s1. The topological polar surface area (TPSA) is 109 Å². The number of piperidine rings is 1. The van der Waals surface area contributed by atoms with E-state index in [-0.39, 0.29) is 13.2 Å². The second-order valence-electron chi connectivity index (χ2n) is 9.06. The minimum atomic E-state index is -1.24. The molecule has 0 radical (unpaired) electrons. The molecular formula is C25H35N3O5. The van der Waals surface area contributed by atoms with Crippen molar-refractivity contribution >= 4 is 11.4 Å². The van der Waals surface area contributed by atoms with E-state index in [9.17, 15) is 20.4 Å². The van der Waals surface area contributed by atoms with Gasteiger partial charge in [0.05, 0.1) is 32.0 Å². The van der Waals surface area contributed by atoms with Crippen LogP contribution in [0.2, 0.25) is 0 Å². The van der Waals surface area contributed by atoms with Gasteiger partial charge in [-0.15, -0.1) is 0 Å². The highest BCUT2D eigenvalue weighted by atomic mass is 16.5. The summed E-state index contributed by atoms with van der Waals surface area (Å²) in [5.41, 5.74) is 5.60. The first-order chi connectivity index (χ1) is 15.9. The molecule has 180 valence electrons. The Morgan fingerprint density at radius 1 is 1.00 bits per heavy atom. The van der Waals surface area contributed by atoms with Gasteiger partial charge >= 0.3 is 0 Å². The van der Waals surface area contributed by atoms with Crippen LogP contribution in [0.25, 0.3) is 0 Å². The van der Waals surface area contributed by atoms with Crippen LogP contribution in [0.5, 0.6) is 0 Å². The maximum Gasteiger partial charge on any atom is 0.109 e. The molecule has 0 aliphatic carbocycles. The molecule has 0 unspecified atom stereocenters. The number of hydrogen-bond acceptors (Lipinski definition) is 8. The van der Waals surface area contributed by atoms with Crippen molar-refractivity contribution in [2.24, 2.45) is 0 Å². The van der Waals surface area contributed by atoms with Crippen LogP contribution in [0.1, 0.15) is 16.7 Å². The van der Waals surface area contributed by atoms with Gasteiger partial charge in [0.1, 0.15) is 12.2 Å². The fourth-order valence-corrected chi connectivity index (χ4v) is 4.71. The minimum Gasteiger partial charge on any atom is -0.395 e. The smallest absolute Gasteiger partial charge is 0.109 e. The third kappa shape index (κ3) is 5.84. The summed E-state index contributed by atoms with van der Waals surface area (Å²) in [6.07, 6.45) is -3.48. The predicted octanol–water partition coefficient (Wildman–Crippen LogP) is 0.703. The van der Waals surface area contributed by atoms with Crippen LogP contribution < -0.4 is 10.2 Å². The van der Waals surface area contributed by atoms with Crippen LogP contribution in [0.4, 0.5) is 11.4 Å². The van der Waals surface area contributed by atoms with E-state index in [0.717, 1.165) is 43.1 Å². The van der Waals surface area contributed by atoms with Gasteiger partial charge < -0.3 is 35.4 Å². The largest absolute Gasteiger partial charge is 0.395 e. The lowest BCUT2D eigenvalue weighted by atomic mass is 9.93. The van der Waals surface area contributed by atoms with Gasteiger partial charge in [0.2, 0.25) is 0 Å². The van der Waals surface area contributed by atoms with E-state index >= 15 is 0 Å². The maximum absolute atomic E-state index is 10.2. The van der Waals surface area contributed by atoms with E-state index < -0.39 is 24.4 Å². The van der Waals surface area contributed by atoms with Gasteiger partial charge in [-0.3, -0.25) is 4.90 Å². The molecule has 2 aromatic rings. The van der Waals surface area contributed by atoms with E-state index in [2.05, 4.69) is 47.5 Å². The van der Waals surface area contributed by atoms with Gasteiger partial charge in [0.15, 0.2) is 0 Å². The molecule has 0 bridgehead atoms. The van der Waals surface area contributed by atoms with Crippen molar-refractivity contribution in [2.75, 3.05) is 49.7 Å². The van der Waals surface area contributed by atoms with Crippen molar-refractivity contribution in [1.29, 1.82) is 0 Å². The second kappa shape index (κ2) is 10.8. The summed E-state index contributed by atoms with van der Waals surface area (Å²) in [6.45, 7) is 6.44. The van der Waals surface area contributed by atoms with Crippen molar-refractivity contribution < 1.29 is 25.2 Å².